The molecule has 100 valence electrons. The molecule has 0 aromatic heterocycles. The van der Waals surface area contributed by atoms with Crippen LogP contribution in [-0.2, 0) is 4.74 Å². The first kappa shape index (κ1) is 14.4. The van der Waals surface area contributed by atoms with E-state index in [4.69, 9.17) is 10.5 Å². The van der Waals surface area contributed by atoms with Crippen LogP contribution in [-0.4, -0.2) is 25.2 Å². The van der Waals surface area contributed by atoms with Crippen molar-refractivity contribution < 1.29 is 13.9 Å². The molecular formula is C13H19FN2O2. The van der Waals surface area contributed by atoms with Gasteiger partial charge in [0, 0.05) is 23.9 Å². The van der Waals surface area contributed by atoms with Crippen molar-refractivity contribution in [3.05, 3.63) is 29.1 Å². The van der Waals surface area contributed by atoms with Gasteiger partial charge in [-0.15, -0.1) is 0 Å². The van der Waals surface area contributed by atoms with Gasteiger partial charge in [-0.2, -0.15) is 0 Å². The van der Waals surface area contributed by atoms with Crippen LogP contribution in [0.4, 0.5) is 10.1 Å². The quantitative estimate of drug-likeness (QED) is 0.806. The van der Waals surface area contributed by atoms with E-state index in [1.54, 1.807) is 14.0 Å². The monoisotopic (exact) mass is 254 g/mol. The van der Waals surface area contributed by atoms with Crippen LogP contribution in [0.1, 0.15) is 29.8 Å². The van der Waals surface area contributed by atoms with E-state index >= 15 is 0 Å². The molecule has 4 nitrogen and oxygen atoms in total. The Morgan fingerprint density at radius 3 is 2.61 bits per heavy atom. The number of halogens is 1. The zero-order chi connectivity index (χ0) is 13.9. The highest BCUT2D eigenvalue weighted by Crippen LogP contribution is 2.18. The average molecular weight is 254 g/mol. The Morgan fingerprint density at radius 1 is 1.50 bits per heavy atom. The van der Waals surface area contributed by atoms with E-state index in [1.165, 1.54) is 12.1 Å². The molecule has 0 aliphatic heterocycles. The number of nitrogens with two attached hydrogens (primary N) is 1. The van der Waals surface area contributed by atoms with Gasteiger partial charge in [0.25, 0.3) is 5.91 Å². The predicted octanol–water partition coefficient (Wildman–Crippen LogP) is 1.87. The summed E-state index contributed by atoms with van der Waals surface area (Å²) in [5, 5.41) is 2.76. The van der Waals surface area contributed by atoms with Crippen LogP contribution in [0.15, 0.2) is 12.1 Å². The van der Waals surface area contributed by atoms with Gasteiger partial charge in [-0.05, 0) is 32.9 Å². The van der Waals surface area contributed by atoms with Crippen LogP contribution in [0.3, 0.4) is 0 Å². The molecule has 0 bridgehead atoms. The molecule has 0 aliphatic rings. The molecular weight excluding hydrogens is 235 g/mol. The van der Waals surface area contributed by atoms with Crippen LogP contribution >= 0.6 is 0 Å². The number of hydrogen-bond acceptors (Lipinski definition) is 3. The number of carbonyl (C=O) groups excluding carboxylic acids is 1. The van der Waals surface area contributed by atoms with Gasteiger partial charge >= 0.3 is 0 Å². The van der Waals surface area contributed by atoms with Crippen LogP contribution < -0.4 is 11.1 Å². The zero-order valence-electron chi connectivity index (χ0n) is 11.1. The first-order valence-corrected chi connectivity index (χ1v) is 5.64. The maximum atomic E-state index is 13.5. The number of ether oxygens (including phenoxy) is 1. The van der Waals surface area contributed by atoms with Gasteiger partial charge < -0.3 is 15.8 Å². The van der Waals surface area contributed by atoms with E-state index in [-0.39, 0.29) is 17.2 Å². The topological polar surface area (TPSA) is 64.3 Å². The highest BCUT2D eigenvalue weighted by atomic mass is 19.1. The van der Waals surface area contributed by atoms with E-state index < -0.39 is 11.4 Å². The number of hydrogen-bond donors (Lipinski definition) is 2. The van der Waals surface area contributed by atoms with Gasteiger partial charge in [-0.1, -0.05) is 0 Å². The van der Waals surface area contributed by atoms with Gasteiger partial charge in [0.15, 0.2) is 0 Å². The summed E-state index contributed by atoms with van der Waals surface area (Å²) in [7, 11) is 1.55. The van der Waals surface area contributed by atoms with E-state index in [1.807, 2.05) is 13.8 Å². The molecule has 1 aromatic rings. The number of anilines is 1. The normalized spacial score (nSPS) is 11.4. The molecule has 5 heteroatoms. The predicted molar refractivity (Wildman–Crippen MR) is 69.0 cm³/mol. The van der Waals surface area contributed by atoms with Crippen molar-refractivity contribution in [2.24, 2.45) is 0 Å². The van der Waals surface area contributed by atoms with E-state index in [0.29, 0.717) is 12.2 Å². The Morgan fingerprint density at radius 2 is 2.11 bits per heavy atom. The molecule has 18 heavy (non-hydrogen) atoms. The fourth-order valence-corrected chi connectivity index (χ4v) is 1.61. The van der Waals surface area contributed by atoms with Crippen molar-refractivity contribution in [2.75, 3.05) is 19.5 Å². The summed E-state index contributed by atoms with van der Waals surface area (Å²) < 4.78 is 18.5. The minimum Gasteiger partial charge on any atom is -0.398 e. The maximum Gasteiger partial charge on any atom is 0.251 e. The third-order valence-corrected chi connectivity index (χ3v) is 2.60. The van der Waals surface area contributed by atoms with E-state index in [2.05, 4.69) is 5.32 Å². The molecule has 0 saturated carbocycles. The van der Waals surface area contributed by atoms with Crippen LogP contribution in [0, 0.1) is 12.7 Å². The molecule has 0 saturated heterocycles. The third kappa shape index (κ3) is 3.43. The number of nitrogen functional groups attached to an aromatic ring is 1. The molecule has 1 rings (SSSR count). The first-order chi connectivity index (χ1) is 8.26. The Kier molecular flexibility index (Phi) is 4.29. The van der Waals surface area contributed by atoms with Crippen molar-refractivity contribution in [2.45, 2.75) is 26.3 Å². The fraction of sp³-hybridized carbons (Fsp3) is 0.462. The molecule has 0 unspecified atom stereocenters. The minimum absolute atomic E-state index is 0.208. The summed E-state index contributed by atoms with van der Waals surface area (Å²) in [6.07, 6.45) is 0. The molecule has 0 spiro atoms. The Labute approximate surface area is 106 Å². The van der Waals surface area contributed by atoms with E-state index in [9.17, 15) is 9.18 Å². The summed E-state index contributed by atoms with van der Waals surface area (Å²) in [5.41, 5.74) is 5.94. The second kappa shape index (κ2) is 5.35. The smallest absolute Gasteiger partial charge is 0.251 e. The standard InChI is InChI=1S/C13H19FN2O2/c1-8-10(14)5-9(6-11(8)15)12(17)16-13(2,3)7-18-4/h5-6H,7,15H2,1-4H3,(H,16,17). The SMILES string of the molecule is COCC(C)(C)NC(=O)c1cc(N)c(C)c(F)c1. The van der Waals surface area contributed by atoms with Gasteiger partial charge in [-0.25, -0.2) is 4.39 Å². The summed E-state index contributed by atoms with van der Waals surface area (Å²) in [4.78, 5) is 12.0. The lowest BCUT2D eigenvalue weighted by molar-refractivity contribution is 0.0819. The second-order valence-electron chi connectivity index (χ2n) is 4.94. The average Bonchev–Trinajstić information content (AvgIpc) is 2.24. The van der Waals surface area contributed by atoms with Gasteiger partial charge in [0.05, 0.1) is 12.1 Å². The number of amides is 1. The lowest BCUT2D eigenvalue weighted by Crippen LogP contribution is -2.46. The molecule has 0 atom stereocenters. The third-order valence-electron chi connectivity index (χ3n) is 2.60. The van der Waals surface area contributed by atoms with Crippen molar-refractivity contribution in [1.82, 2.24) is 5.32 Å². The molecule has 0 heterocycles. The Bertz CT molecular complexity index is 435. The van der Waals surface area contributed by atoms with E-state index in [0.717, 1.165) is 0 Å². The minimum atomic E-state index is -0.526. The zero-order valence-corrected chi connectivity index (χ0v) is 11.1. The molecule has 3 N–H and O–H groups in total. The van der Waals surface area contributed by atoms with Crippen LogP contribution in [0.2, 0.25) is 0 Å². The van der Waals surface area contributed by atoms with Crippen molar-refractivity contribution in [3.8, 4) is 0 Å². The van der Waals surface area contributed by atoms with Crippen molar-refractivity contribution in [1.29, 1.82) is 0 Å². The lowest BCUT2D eigenvalue weighted by atomic mass is 10.0. The van der Waals surface area contributed by atoms with Crippen molar-refractivity contribution in [3.63, 3.8) is 0 Å². The summed E-state index contributed by atoms with van der Waals surface area (Å²) in [6.45, 7) is 5.58. The summed E-state index contributed by atoms with van der Waals surface area (Å²) in [6, 6.07) is 2.65. The fourth-order valence-electron chi connectivity index (χ4n) is 1.61. The number of carbonyl (C=O) groups is 1. The lowest BCUT2D eigenvalue weighted by Gasteiger charge is -2.25. The molecule has 1 amide bonds. The van der Waals surface area contributed by atoms with Crippen molar-refractivity contribution >= 4 is 11.6 Å². The van der Waals surface area contributed by atoms with Gasteiger partial charge in [0.1, 0.15) is 5.82 Å². The summed E-state index contributed by atoms with van der Waals surface area (Å²) in [5.74, 6) is -0.854. The number of benzene rings is 1. The van der Waals surface area contributed by atoms with Gasteiger partial charge in [0.2, 0.25) is 0 Å². The molecule has 1 aromatic carbocycles. The Hall–Kier alpha value is -1.62. The van der Waals surface area contributed by atoms with Crippen LogP contribution in [0.25, 0.3) is 0 Å². The largest absolute Gasteiger partial charge is 0.398 e. The molecule has 0 radical (unpaired) electrons. The number of methoxy groups -OCH3 is 1. The van der Waals surface area contributed by atoms with Gasteiger partial charge in [-0.3, -0.25) is 4.79 Å². The Balaban J connectivity index is 2.92. The molecule has 0 fully saturated rings. The maximum absolute atomic E-state index is 13.5. The first-order valence-electron chi connectivity index (χ1n) is 5.64. The number of rotatable bonds is 4. The second-order valence-corrected chi connectivity index (χ2v) is 4.94. The highest BCUT2D eigenvalue weighted by molar-refractivity contribution is 5.95. The molecule has 0 aliphatic carbocycles. The summed E-state index contributed by atoms with van der Waals surface area (Å²) >= 11 is 0. The highest BCUT2D eigenvalue weighted by Gasteiger charge is 2.21. The number of nitrogens with one attached hydrogen (secondary N) is 1. The van der Waals surface area contributed by atoms with Crippen LogP contribution in [0.5, 0.6) is 0 Å².